The third-order valence-electron chi connectivity index (χ3n) is 2.07. The molecule has 1 rings (SSSR count). The Morgan fingerprint density at radius 2 is 2.23 bits per heavy atom. The van der Waals surface area contributed by atoms with E-state index in [-0.39, 0.29) is 11.8 Å². The lowest BCUT2D eigenvalue weighted by Gasteiger charge is -2.12. The molecule has 0 spiro atoms. The van der Waals surface area contributed by atoms with E-state index in [4.69, 9.17) is 10.5 Å². The van der Waals surface area contributed by atoms with E-state index < -0.39 is 0 Å². The number of hydrogen-bond donors (Lipinski definition) is 2. The molecule has 1 atom stereocenters. The Bertz CT molecular complexity index is 286. The van der Waals surface area contributed by atoms with Gasteiger partial charge >= 0.3 is 0 Å². The molecule has 0 aliphatic heterocycles. The van der Waals surface area contributed by atoms with Crippen molar-refractivity contribution >= 4 is 0 Å². The van der Waals surface area contributed by atoms with Crippen LogP contribution in [0.5, 0.6) is 11.5 Å². The number of benzene rings is 1. The highest BCUT2D eigenvalue weighted by Gasteiger charge is 2.09. The first-order valence-electron chi connectivity index (χ1n) is 4.31. The highest BCUT2D eigenvalue weighted by Crippen LogP contribution is 2.28. The maximum Gasteiger partial charge on any atom is 0.120 e. The van der Waals surface area contributed by atoms with Gasteiger partial charge in [0.1, 0.15) is 11.5 Å². The standard InChI is InChI=1S/C10H15NO2/c1-3-9(11)8-6-7(13-2)4-5-10(8)12/h4-6,9,12H,3,11H2,1-2H3/t9-/m1/s1. The second-order valence-electron chi connectivity index (χ2n) is 2.94. The van der Waals surface area contributed by atoms with E-state index >= 15 is 0 Å². The third kappa shape index (κ3) is 2.12. The molecule has 1 aromatic rings. The van der Waals surface area contributed by atoms with E-state index in [0.29, 0.717) is 0 Å². The summed E-state index contributed by atoms with van der Waals surface area (Å²) in [4.78, 5) is 0. The van der Waals surface area contributed by atoms with E-state index in [2.05, 4.69) is 0 Å². The van der Waals surface area contributed by atoms with Crippen LogP contribution < -0.4 is 10.5 Å². The quantitative estimate of drug-likeness (QED) is 0.747. The zero-order chi connectivity index (χ0) is 9.84. The van der Waals surface area contributed by atoms with Crippen molar-refractivity contribution in [3.63, 3.8) is 0 Å². The van der Waals surface area contributed by atoms with Crippen molar-refractivity contribution in [2.24, 2.45) is 5.73 Å². The lowest BCUT2D eigenvalue weighted by atomic mass is 10.0. The number of ether oxygens (including phenoxy) is 1. The van der Waals surface area contributed by atoms with Crippen LogP contribution in [0.25, 0.3) is 0 Å². The van der Waals surface area contributed by atoms with Gasteiger partial charge in [0.2, 0.25) is 0 Å². The van der Waals surface area contributed by atoms with Gasteiger partial charge in [-0.1, -0.05) is 6.92 Å². The Morgan fingerprint density at radius 3 is 2.77 bits per heavy atom. The molecule has 0 aliphatic rings. The molecule has 0 saturated heterocycles. The minimum absolute atomic E-state index is 0.130. The molecule has 0 bridgehead atoms. The summed E-state index contributed by atoms with van der Waals surface area (Å²) in [7, 11) is 1.59. The van der Waals surface area contributed by atoms with E-state index in [9.17, 15) is 5.11 Å². The van der Waals surface area contributed by atoms with Crippen LogP contribution in [0.2, 0.25) is 0 Å². The third-order valence-corrected chi connectivity index (χ3v) is 2.07. The van der Waals surface area contributed by atoms with Crippen molar-refractivity contribution in [2.75, 3.05) is 7.11 Å². The predicted octanol–water partition coefficient (Wildman–Crippen LogP) is 1.81. The van der Waals surface area contributed by atoms with Crippen LogP contribution in [0.4, 0.5) is 0 Å². The van der Waals surface area contributed by atoms with Gasteiger partial charge in [0.05, 0.1) is 7.11 Å². The van der Waals surface area contributed by atoms with Crippen molar-refractivity contribution in [3.05, 3.63) is 23.8 Å². The molecule has 0 radical (unpaired) electrons. The Hall–Kier alpha value is -1.22. The molecule has 0 aliphatic carbocycles. The van der Waals surface area contributed by atoms with E-state index in [0.717, 1.165) is 17.7 Å². The number of phenols is 1. The Labute approximate surface area is 78.1 Å². The number of hydrogen-bond acceptors (Lipinski definition) is 3. The monoisotopic (exact) mass is 181 g/mol. The number of nitrogens with two attached hydrogens (primary N) is 1. The Balaban J connectivity index is 3.03. The lowest BCUT2D eigenvalue weighted by Crippen LogP contribution is -2.08. The van der Waals surface area contributed by atoms with Gasteiger partial charge in [0.25, 0.3) is 0 Å². The van der Waals surface area contributed by atoms with Crippen molar-refractivity contribution in [2.45, 2.75) is 19.4 Å². The summed E-state index contributed by atoms with van der Waals surface area (Å²) in [5, 5.41) is 9.50. The minimum Gasteiger partial charge on any atom is -0.508 e. The zero-order valence-electron chi connectivity index (χ0n) is 7.95. The number of aromatic hydroxyl groups is 1. The fraction of sp³-hybridized carbons (Fsp3) is 0.400. The molecule has 72 valence electrons. The Morgan fingerprint density at radius 1 is 1.54 bits per heavy atom. The number of rotatable bonds is 3. The number of methoxy groups -OCH3 is 1. The largest absolute Gasteiger partial charge is 0.508 e. The van der Waals surface area contributed by atoms with Crippen molar-refractivity contribution in [3.8, 4) is 11.5 Å². The topological polar surface area (TPSA) is 55.5 Å². The molecule has 1 aromatic carbocycles. The van der Waals surface area contributed by atoms with Crippen molar-refractivity contribution in [1.82, 2.24) is 0 Å². The molecule has 0 amide bonds. The van der Waals surface area contributed by atoms with E-state index in [1.165, 1.54) is 0 Å². The molecule has 3 N–H and O–H groups in total. The summed E-state index contributed by atoms with van der Waals surface area (Å²) in [5.74, 6) is 0.951. The summed E-state index contributed by atoms with van der Waals surface area (Å²) >= 11 is 0. The van der Waals surface area contributed by atoms with Gasteiger partial charge < -0.3 is 15.6 Å². The summed E-state index contributed by atoms with van der Waals surface area (Å²) in [6.07, 6.45) is 0.792. The molecule has 3 nitrogen and oxygen atoms in total. The van der Waals surface area contributed by atoms with Crippen LogP contribution >= 0.6 is 0 Å². The van der Waals surface area contributed by atoms with E-state index in [1.807, 2.05) is 6.92 Å². The molecule has 0 aromatic heterocycles. The highest BCUT2D eigenvalue weighted by molar-refractivity contribution is 5.41. The maximum atomic E-state index is 9.50. The molecule has 0 fully saturated rings. The molecule has 0 saturated carbocycles. The first-order chi connectivity index (χ1) is 6.19. The minimum atomic E-state index is -0.130. The van der Waals surface area contributed by atoms with Crippen LogP contribution in [0.1, 0.15) is 24.9 Å². The smallest absolute Gasteiger partial charge is 0.120 e. The molecular formula is C10H15NO2. The molecule has 0 unspecified atom stereocenters. The summed E-state index contributed by atoms with van der Waals surface area (Å²) in [6.45, 7) is 1.98. The SMILES string of the molecule is CC[C@@H](N)c1cc(OC)ccc1O. The van der Waals surface area contributed by atoms with Gasteiger partial charge in [-0.15, -0.1) is 0 Å². The van der Waals surface area contributed by atoms with Gasteiger partial charge in [0.15, 0.2) is 0 Å². The van der Waals surface area contributed by atoms with Gasteiger partial charge in [0, 0.05) is 11.6 Å². The lowest BCUT2D eigenvalue weighted by molar-refractivity contribution is 0.409. The summed E-state index contributed by atoms with van der Waals surface area (Å²) < 4.78 is 5.04. The van der Waals surface area contributed by atoms with Crippen molar-refractivity contribution in [1.29, 1.82) is 0 Å². The van der Waals surface area contributed by atoms with Crippen LogP contribution in [0.3, 0.4) is 0 Å². The first kappa shape index (κ1) is 9.86. The average molecular weight is 181 g/mol. The van der Waals surface area contributed by atoms with Gasteiger partial charge in [-0.05, 0) is 24.6 Å². The average Bonchev–Trinajstić information content (AvgIpc) is 2.17. The summed E-state index contributed by atoms with van der Waals surface area (Å²) in [6, 6.07) is 4.95. The molecule has 13 heavy (non-hydrogen) atoms. The normalized spacial score (nSPS) is 12.5. The summed E-state index contributed by atoms with van der Waals surface area (Å²) in [5.41, 5.74) is 6.54. The second kappa shape index (κ2) is 4.14. The fourth-order valence-electron chi connectivity index (χ4n) is 1.18. The van der Waals surface area contributed by atoms with Gasteiger partial charge in [-0.25, -0.2) is 0 Å². The van der Waals surface area contributed by atoms with Crippen LogP contribution in [-0.2, 0) is 0 Å². The molecular weight excluding hydrogens is 166 g/mol. The Kier molecular flexibility index (Phi) is 3.14. The number of phenolic OH excluding ortho intramolecular Hbond substituents is 1. The van der Waals surface area contributed by atoms with Crippen LogP contribution in [0, 0.1) is 0 Å². The fourth-order valence-corrected chi connectivity index (χ4v) is 1.18. The van der Waals surface area contributed by atoms with Crippen LogP contribution in [-0.4, -0.2) is 12.2 Å². The van der Waals surface area contributed by atoms with Gasteiger partial charge in [-0.2, -0.15) is 0 Å². The maximum absolute atomic E-state index is 9.50. The first-order valence-corrected chi connectivity index (χ1v) is 4.31. The molecule has 3 heteroatoms. The van der Waals surface area contributed by atoms with E-state index in [1.54, 1.807) is 25.3 Å². The van der Waals surface area contributed by atoms with Crippen LogP contribution in [0.15, 0.2) is 18.2 Å². The van der Waals surface area contributed by atoms with Crippen molar-refractivity contribution < 1.29 is 9.84 Å². The van der Waals surface area contributed by atoms with Gasteiger partial charge in [-0.3, -0.25) is 0 Å². The molecule has 0 heterocycles. The zero-order valence-corrected chi connectivity index (χ0v) is 7.95. The predicted molar refractivity (Wildman–Crippen MR) is 51.9 cm³/mol. The second-order valence-corrected chi connectivity index (χ2v) is 2.94. The highest BCUT2D eigenvalue weighted by atomic mass is 16.5.